The van der Waals surface area contributed by atoms with Gasteiger partial charge < -0.3 is 10.2 Å². The zero-order chi connectivity index (χ0) is 15.7. The molecule has 3 unspecified atom stereocenters. The summed E-state index contributed by atoms with van der Waals surface area (Å²) in [4.78, 5) is 2.36. The predicted molar refractivity (Wildman–Crippen MR) is 88.2 cm³/mol. The molecule has 2 fully saturated rings. The van der Waals surface area contributed by atoms with Crippen molar-refractivity contribution in [3.8, 4) is 0 Å². The minimum absolute atomic E-state index is 0.340. The fraction of sp³-hybridized carbons (Fsp3) is 1.00. The zero-order valence-electron chi connectivity index (χ0n) is 14.1. The number of nitrogens with zero attached hydrogens (tertiary/aromatic N) is 1. The molecule has 3 atom stereocenters. The van der Waals surface area contributed by atoms with E-state index in [9.17, 15) is 8.42 Å². The lowest BCUT2D eigenvalue weighted by Gasteiger charge is -2.43. The summed E-state index contributed by atoms with van der Waals surface area (Å²) in [6.45, 7) is 9.53. The second-order valence-electron chi connectivity index (χ2n) is 7.98. The Bertz CT molecular complexity index is 428. The summed E-state index contributed by atoms with van der Waals surface area (Å²) < 4.78 is 23.1. The van der Waals surface area contributed by atoms with Crippen molar-refractivity contribution in [2.45, 2.75) is 46.1 Å². The van der Waals surface area contributed by atoms with E-state index < -0.39 is 9.84 Å². The fourth-order valence-corrected chi connectivity index (χ4v) is 5.17. The molecule has 2 aliphatic rings. The molecule has 0 amide bonds. The van der Waals surface area contributed by atoms with Crippen molar-refractivity contribution in [1.82, 2.24) is 10.2 Å². The molecule has 0 aromatic heterocycles. The smallest absolute Gasteiger partial charge is 0.152 e. The maximum absolute atomic E-state index is 11.6. The number of hydrogen-bond acceptors (Lipinski definition) is 4. The van der Waals surface area contributed by atoms with Gasteiger partial charge in [-0.3, -0.25) is 0 Å². The van der Waals surface area contributed by atoms with Crippen molar-refractivity contribution in [3.63, 3.8) is 0 Å². The van der Waals surface area contributed by atoms with Gasteiger partial charge in [-0.2, -0.15) is 0 Å². The Labute approximate surface area is 130 Å². The molecule has 1 heterocycles. The van der Waals surface area contributed by atoms with E-state index in [4.69, 9.17) is 0 Å². The van der Waals surface area contributed by atoms with Gasteiger partial charge in [-0.05, 0) is 43.6 Å². The quantitative estimate of drug-likeness (QED) is 0.862. The minimum atomic E-state index is -2.77. The van der Waals surface area contributed by atoms with E-state index in [1.54, 1.807) is 0 Å². The van der Waals surface area contributed by atoms with Crippen LogP contribution in [0.4, 0.5) is 0 Å². The first kappa shape index (κ1) is 17.2. The van der Waals surface area contributed by atoms with E-state index in [2.05, 4.69) is 38.0 Å². The van der Waals surface area contributed by atoms with Crippen LogP contribution < -0.4 is 5.32 Å². The third kappa shape index (κ3) is 4.67. The van der Waals surface area contributed by atoms with E-state index in [0.717, 1.165) is 25.6 Å². The van der Waals surface area contributed by atoms with Gasteiger partial charge in [-0.15, -0.1) is 0 Å². The van der Waals surface area contributed by atoms with Gasteiger partial charge in [0.2, 0.25) is 0 Å². The lowest BCUT2D eigenvalue weighted by Crippen LogP contribution is -2.49. The van der Waals surface area contributed by atoms with E-state index in [1.165, 1.54) is 19.3 Å². The Morgan fingerprint density at radius 2 is 1.76 bits per heavy atom. The number of sulfone groups is 1. The maximum atomic E-state index is 11.6. The number of hydrogen-bond donors (Lipinski definition) is 1. The molecule has 1 N–H and O–H groups in total. The molecule has 0 aromatic carbocycles. The van der Waals surface area contributed by atoms with Gasteiger partial charge in [0.15, 0.2) is 9.84 Å². The van der Waals surface area contributed by atoms with Crippen molar-refractivity contribution in [2.75, 3.05) is 38.2 Å². The van der Waals surface area contributed by atoms with Crippen LogP contribution in [0.25, 0.3) is 0 Å². The van der Waals surface area contributed by atoms with E-state index in [-0.39, 0.29) is 0 Å². The van der Waals surface area contributed by atoms with Gasteiger partial charge in [-0.25, -0.2) is 8.42 Å². The van der Waals surface area contributed by atoms with Gasteiger partial charge >= 0.3 is 0 Å². The normalized spacial score (nSPS) is 34.8. The minimum Gasteiger partial charge on any atom is -0.317 e. The summed E-state index contributed by atoms with van der Waals surface area (Å²) in [5.41, 5.74) is 0.377. The van der Waals surface area contributed by atoms with Crippen molar-refractivity contribution in [1.29, 1.82) is 0 Å². The van der Waals surface area contributed by atoms with Crippen LogP contribution in [-0.2, 0) is 9.84 Å². The molecule has 0 spiro atoms. The monoisotopic (exact) mass is 316 g/mol. The first-order valence-electron chi connectivity index (χ1n) is 8.31. The summed E-state index contributed by atoms with van der Waals surface area (Å²) in [6, 6.07) is 0.585. The zero-order valence-corrected chi connectivity index (χ0v) is 14.9. The predicted octanol–water partition coefficient (Wildman–Crippen LogP) is 1.77. The molecule has 1 saturated carbocycles. The highest BCUT2D eigenvalue weighted by Crippen LogP contribution is 2.40. The molecule has 1 aliphatic carbocycles. The summed E-state index contributed by atoms with van der Waals surface area (Å²) in [6.07, 6.45) is 3.81. The second-order valence-corrected chi connectivity index (χ2v) is 10.3. The highest BCUT2D eigenvalue weighted by molar-refractivity contribution is 7.91. The Kier molecular flexibility index (Phi) is 5.37. The molecular weight excluding hydrogens is 284 g/mol. The molecule has 21 heavy (non-hydrogen) atoms. The molecule has 0 bridgehead atoms. The molecule has 2 rings (SSSR count). The molecular formula is C16H32N2O2S. The van der Waals surface area contributed by atoms with E-state index >= 15 is 0 Å². The van der Waals surface area contributed by atoms with Crippen LogP contribution in [0.5, 0.6) is 0 Å². The average Bonchev–Trinajstić information content (AvgIpc) is 2.40. The van der Waals surface area contributed by atoms with Gasteiger partial charge in [0.25, 0.3) is 0 Å². The van der Waals surface area contributed by atoms with E-state index in [0.29, 0.717) is 28.9 Å². The van der Waals surface area contributed by atoms with Gasteiger partial charge in [0.1, 0.15) is 0 Å². The van der Waals surface area contributed by atoms with Crippen LogP contribution in [0.2, 0.25) is 0 Å². The van der Waals surface area contributed by atoms with Gasteiger partial charge in [0, 0.05) is 25.7 Å². The molecule has 1 saturated heterocycles. The molecule has 0 aromatic rings. The SMILES string of the molecule is CNC1CCC(C(C)(C)C)CC1CN1CCS(=O)(=O)CC1. The molecule has 1 aliphatic heterocycles. The Morgan fingerprint density at radius 3 is 2.29 bits per heavy atom. The second kappa shape index (κ2) is 6.55. The third-order valence-electron chi connectivity index (χ3n) is 5.51. The van der Waals surface area contributed by atoms with Crippen LogP contribution in [-0.4, -0.2) is 57.5 Å². The van der Waals surface area contributed by atoms with Crippen LogP contribution in [0, 0.1) is 17.3 Å². The molecule has 124 valence electrons. The highest BCUT2D eigenvalue weighted by atomic mass is 32.2. The van der Waals surface area contributed by atoms with Gasteiger partial charge in [-0.1, -0.05) is 20.8 Å². The summed E-state index contributed by atoms with van der Waals surface area (Å²) >= 11 is 0. The number of nitrogens with one attached hydrogen (secondary N) is 1. The fourth-order valence-electron chi connectivity index (χ4n) is 3.90. The molecule has 0 radical (unpaired) electrons. The van der Waals surface area contributed by atoms with Gasteiger partial charge in [0.05, 0.1) is 11.5 Å². The lowest BCUT2D eigenvalue weighted by molar-refractivity contribution is 0.0919. The standard InChI is InChI=1S/C16H32N2O2S/c1-16(2,3)14-5-6-15(17-4)13(11-14)12-18-7-9-21(19,20)10-8-18/h13-15,17H,5-12H2,1-4H3. The van der Waals surface area contributed by atoms with Crippen LogP contribution >= 0.6 is 0 Å². The highest BCUT2D eigenvalue weighted by Gasteiger charge is 2.36. The lowest BCUT2D eigenvalue weighted by atomic mass is 9.67. The van der Waals surface area contributed by atoms with Crippen molar-refractivity contribution < 1.29 is 8.42 Å². The molecule has 5 heteroatoms. The van der Waals surface area contributed by atoms with Crippen LogP contribution in [0.3, 0.4) is 0 Å². The van der Waals surface area contributed by atoms with Crippen molar-refractivity contribution in [2.24, 2.45) is 17.3 Å². The first-order valence-corrected chi connectivity index (χ1v) is 10.1. The van der Waals surface area contributed by atoms with E-state index in [1.807, 2.05) is 0 Å². The Balaban J connectivity index is 1.95. The maximum Gasteiger partial charge on any atom is 0.152 e. The van der Waals surface area contributed by atoms with Crippen molar-refractivity contribution in [3.05, 3.63) is 0 Å². The molecule has 4 nitrogen and oxygen atoms in total. The first-order chi connectivity index (χ1) is 9.71. The summed E-state index contributed by atoms with van der Waals surface area (Å²) in [5.74, 6) is 2.11. The third-order valence-corrected chi connectivity index (χ3v) is 7.12. The largest absolute Gasteiger partial charge is 0.317 e. The summed E-state index contributed by atoms with van der Waals surface area (Å²) in [7, 11) is -0.702. The average molecular weight is 317 g/mol. The Morgan fingerprint density at radius 1 is 1.14 bits per heavy atom. The van der Waals surface area contributed by atoms with Crippen LogP contribution in [0.15, 0.2) is 0 Å². The van der Waals surface area contributed by atoms with Crippen LogP contribution in [0.1, 0.15) is 40.0 Å². The number of rotatable bonds is 3. The van der Waals surface area contributed by atoms with Crippen molar-refractivity contribution >= 4 is 9.84 Å². The summed E-state index contributed by atoms with van der Waals surface area (Å²) in [5, 5.41) is 3.49. The topological polar surface area (TPSA) is 49.4 Å². The Hall–Kier alpha value is -0.130.